The molecule has 3 aliphatic rings. The lowest BCUT2D eigenvalue weighted by molar-refractivity contribution is 0.193. The number of halogens is 1. The molecule has 2 nitrogen and oxygen atoms in total. The summed E-state index contributed by atoms with van der Waals surface area (Å²) < 4.78 is 0. The van der Waals surface area contributed by atoms with Gasteiger partial charge in [-0.05, 0) is 56.0 Å². The molecular formula is C15H29ClN2. The number of nitrogens with one attached hydrogen (secondary N) is 1. The highest BCUT2D eigenvalue weighted by molar-refractivity contribution is 5.85. The van der Waals surface area contributed by atoms with Crippen molar-refractivity contribution < 1.29 is 0 Å². The van der Waals surface area contributed by atoms with E-state index in [-0.39, 0.29) is 12.4 Å². The Labute approximate surface area is 118 Å². The van der Waals surface area contributed by atoms with Crippen LogP contribution < -0.4 is 5.32 Å². The second-order valence-corrected chi connectivity index (χ2v) is 7.04. The van der Waals surface area contributed by atoms with Crippen molar-refractivity contribution in [1.29, 1.82) is 0 Å². The Kier molecular flexibility index (Phi) is 4.96. The molecule has 1 unspecified atom stereocenters. The van der Waals surface area contributed by atoms with Gasteiger partial charge in [0.25, 0.3) is 0 Å². The molecule has 1 spiro atoms. The van der Waals surface area contributed by atoms with Crippen LogP contribution in [0.15, 0.2) is 0 Å². The van der Waals surface area contributed by atoms with Crippen LogP contribution in [0, 0.1) is 17.3 Å². The van der Waals surface area contributed by atoms with Crippen LogP contribution in [-0.2, 0) is 0 Å². The molecule has 18 heavy (non-hydrogen) atoms. The predicted octanol–water partition coefficient (Wildman–Crippen LogP) is 2.92. The Morgan fingerprint density at radius 1 is 1.17 bits per heavy atom. The first-order chi connectivity index (χ1) is 8.26. The van der Waals surface area contributed by atoms with E-state index in [0.717, 1.165) is 11.8 Å². The minimum absolute atomic E-state index is 0. The van der Waals surface area contributed by atoms with E-state index in [9.17, 15) is 0 Å². The maximum absolute atomic E-state index is 3.56. The fraction of sp³-hybridized carbons (Fsp3) is 1.00. The maximum Gasteiger partial charge on any atom is 0.00512 e. The highest BCUT2D eigenvalue weighted by atomic mass is 35.5. The van der Waals surface area contributed by atoms with Gasteiger partial charge >= 0.3 is 0 Å². The van der Waals surface area contributed by atoms with Gasteiger partial charge in [-0.3, -0.25) is 0 Å². The molecular weight excluding hydrogens is 244 g/mol. The van der Waals surface area contributed by atoms with Gasteiger partial charge in [0.15, 0.2) is 0 Å². The van der Waals surface area contributed by atoms with Crippen molar-refractivity contribution in [3.05, 3.63) is 0 Å². The summed E-state index contributed by atoms with van der Waals surface area (Å²) in [4.78, 5) is 2.77. The summed E-state index contributed by atoms with van der Waals surface area (Å²) in [5.74, 6) is 2.01. The standard InChI is InChI=1S/C15H28N2.ClH/c1-13-2-4-14(5-3-13)10-17-9-7-15(12-17)6-8-16-11-15;/h13-14,16H,2-12H2,1H3;1H. The van der Waals surface area contributed by atoms with Crippen LogP contribution in [0.4, 0.5) is 0 Å². The average Bonchev–Trinajstić information content (AvgIpc) is 2.94. The molecule has 2 saturated heterocycles. The van der Waals surface area contributed by atoms with Gasteiger partial charge in [0.2, 0.25) is 0 Å². The molecule has 0 radical (unpaired) electrons. The smallest absolute Gasteiger partial charge is 0.00512 e. The van der Waals surface area contributed by atoms with Crippen molar-refractivity contribution in [3.8, 4) is 0 Å². The van der Waals surface area contributed by atoms with E-state index in [0.29, 0.717) is 5.41 Å². The summed E-state index contributed by atoms with van der Waals surface area (Å²) in [5.41, 5.74) is 0.669. The van der Waals surface area contributed by atoms with Gasteiger partial charge in [0, 0.05) is 19.6 Å². The van der Waals surface area contributed by atoms with E-state index < -0.39 is 0 Å². The van der Waals surface area contributed by atoms with E-state index in [4.69, 9.17) is 0 Å². The molecule has 1 atom stereocenters. The van der Waals surface area contributed by atoms with Crippen LogP contribution in [0.25, 0.3) is 0 Å². The molecule has 106 valence electrons. The number of rotatable bonds is 2. The highest BCUT2D eigenvalue weighted by Crippen LogP contribution is 2.37. The summed E-state index contributed by atoms with van der Waals surface area (Å²) in [6.45, 7) is 9.11. The van der Waals surface area contributed by atoms with Crippen LogP contribution in [0.5, 0.6) is 0 Å². The number of hydrogen-bond acceptors (Lipinski definition) is 2. The zero-order valence-corrected chi connectivity index (χ0v) is 12.6. The second kappa shape index (κ2) is 6.11. The van der Waals surface area contributed by atoms with Gasteiger partial charge < -0.3 is 10.2 Å². The van der Waals surface area contributed by atoms with Gasteiger partial charge in [-0.25, -0.2) is 0 Å². The fourth-order valence-electron chi connectivity index (χ4n) is 4.20. The van der Waals surface area contributed by atoms with Crippen LogP contribution in [0.2, 0.25) is 0 Å². The first kappa shape index (κ1) is 14.6. The number of hydrogen-bond donors (Lipinski definition) is 1. The predicted molar refractivity (Wildman–Crippen MR) is 79.3 cm³/mol. The minimum atomic E-state index is 0. The minimum Gasteiger partial charge on any atom is -0.316 e. The summed E-state index contributed by atoms with van der Waals surface area (Å²) in [5, 5.41) is 3.56. The van der Waals surface area contributed by atoms with Crippen molar-refractivity contribution in [3.63, 3.8) is 0 Å². The third kappa shape index (κ3) is 3.20. The maximum atomic E-state index is 3.56. The molecule has 1 aliphatic carbocycles. The Morgan fingerprint density at radius 2 is 1.94 bits per heavy atom. The average molecular weight is 273 g/mol. The van der Waals surface area contributed by atoms with Crippen LogP contribution in [0.1, 0.15) is 45.4 Å². The third-order valence-electron chi connectivity index (χ3n) is 5.50. The molecule has 0 bridgehead atoms. The molecule has 1 N–H and O–H groups in total. The molecule has 3 fully saturated rings. The quantitative estimate of drug-likeness (QED) is 0.832. The molecule has 0 aromatic heterocycles. The third-order valence-corrected chi connectivity index (χ3v) is 5.50. The lowest BCUT2D eigenvalue weighted by Gasteiger charge is -2.30. The molecule has 0 amide bonds. The summed E-state index contributed by atoms with van der Waals surface area (Å²) in [7, 11) is 0. The van der Waals surface area contributed by atoms with Gasteiger partial charge in [0.1, 0.15) is 0 Å². The Balaban J connectivity index is 0.00000120. The second-order valence-electron chi connectivity index (χ2n) is 7.04. The molecule has 1 saturated carbocycles. The SMILES string of the molecule is CC1CCC(CN2CCC3(CCNC3)C2)CC1.Cl. The molecule has 2 aliphatic heterocycles. The van der Waals surface area contributed by atoms with E-state index >= 15 is 0 Å². The summed E-state index contributed by atoms with van der Waals surface area (Å²) in [6, 6.07) is 0. The lowest BCUT2D eigenvalue weighted by atomic mass is 9.82. The first-order valence-electron chi connectivity index (χ1n) is 7.69. The summed E-state index contributed by atoms with van der Waals surface area (Å²) >= 11 is 0. The van der Waals surface area contributed by atoms with E-state index in [1.165, 1.54) is 71.2 Å². The molecule has 2 heterocycles. The van der Waals surface area contributed by atoms with Gasteiger partial charge in [-0.1, -0.05) is 19.8 Å². The molecule has 3 rings (SSSR count). The number of likely N-dealkylation sites (tertiary alicyclic amines) is 1. The van der Waals surface area contributed by atoms with Crippen molar-refractivity contribution in [2.45, 2.75) is 45.4 Å². The van der Waals surface area contributed by atoms with E-state index in [2.05, 4.69) is 17.1 Å². The zero-order valence-electron chi connectivity index (χ0n) is 11.8. The lowest BCUT2D eigenvalue weighted by Crippen LogP contribution is -2.33. The Morgan fingerprint density at radius 3 is 2.61 bits per heavy atom. The molecule has 3 heteroatoms. The van der Waals surface area contributed by atoms with E-state index in [1.54, 1.807) is 0 Å². The van der Waals surface area contributed by atoms with Gasteiger partial charge in [0.05, 0.1) is 0 Å². The van der Waals surface area contributed by atoms with Crippen LogP contribution >= 0.6 is 12.4 Å². The van der Waals surface area contributed by atoms with Gasteiger partial charge in [-0.15, -0.1) is 12.4 Å². The Hall–Kier alpha value is 0.210. The summed E-state index contributed by atoms with van der Waals surface area (Å²) in [6.07, 6.45) is 8.80. The molecule has 0 aromatic carbocycles. The molecule has 0 aromatic rings. The highest BCUT2D eigenvalue weighted by Gasteiger charge is 2.40. The zero-order chi connectivity index (χ0) is 11.7. The van der Waals surface area contributed by atoms with Crippen molar-refractivity contribution in [1.82, 2.24) is 10.2 Å². The van der Waals surface area contributed by atoms with Crippen LogP contribution in [-0.4, -0.2) is 37.6 Å². The van der Waals surface area contributed by atoms with E-state index in [1.807, 2.05) is 0 Å². The number of nitrogens with zero attached hydrogens (tertiary/aromatic N) is 1. The van der Waals surface area contributed by atoms with Gasteiger partial charge in [-0.2, -0.15) is 0 Å². The fourth-order valence-corrected chi connectivity index (χ4v) is 4.20. The van der Waals surface area contributed by atoms with Crippen molar-refractivity contribution >= 4 is 12.4 Å². The topological polar surface area (TPSA) is 15.3 Å². The van der Waals surface area contributed by atoms with Crippen LogP contribution in [0.3, 0.4) is 0 Å². The largest absolute Gasteiger partial charge is 0.316 e. The normalized spacial score (nSPS) is 41.2. The Bertz CT molecular complexity index is 255. The van der Waals surface area contributed by atoms with Crippen molar-refractivity contribution in [2.75, 3.05) is 32.7 Å². The van der Waals surface area contributed by atoms with Crippen molar-refractivity contribution in [2.24, 2.45) is 17.3 Å². The monoisotopic (exact) mass is 272 g/mol. The first-order valence-corrected chi connectivity index (χ1v) is 7.69.